The fourth-order valence-electron chi connectivity index (χ4n) is 1.42. The van der Waals surface area contributed by atoms with E-state index in [-0.39, 0.29) is 5.91 Å². The summed E-state index contributed by atoms with van der Waals surface area (Å²) in [5.41, 5.74) is 2.31. The summed E-state index contributed by atoms with van der Waals surface area (Å²) in [7, 11) is 1.82. The van der Waals surface area contributed by atoms with E-state index in [2.05, 4.69) is 15.6 Å². The van der Waals surface area contributed by atoms with E-state index in [1.54, 1.807) is 24.5 Å². The van der Waals surface area contributed by atoms with Gasteiger partial charge in [-0.15, -0.1) is 0 Å². The van der Waals surface area contributed by atoms with E-state index in [9.17, 15) is 4.79 Å². The summed E-state index contributed by atoms with van der Waals surface area (Å²) in [6, 6.07) is 9.15. The molecule has 0 atom stereocenters. The summed E-state index contributed by atoms with van der Waals surface area (Å²) in [6.45, 7) is 0. The molecule has 1 aromatic carbocycles. The number of carbonyl (C=O) groups excluding carboxylic acids is 1. The van der Waals surface area contributed by atoms with Gasteiger partial charge in [0.1, 0.15) is 0 Å². The third-order valence-corrected chi connectivity index (χ3v) is 2.27. The van der Waals surface area contributed by atoms with Crippen LogP contribution < -0.4 is 10.6 Å². The number of nitrogens with one attached hydrogen (secondary N) is 3. The highest BCUT2D eigenvalue weighted by Crippen LogP contribution is 2.12. The van der Waals surface area contributed by atoms with Gasteiger partial charge in [-0.25, -0.2) is 0 Å². The number of benzene rings is 1. The summed E-state index contributed by atoms with van der Waals surface area (Å²) in [5, 5.41) is 5.79. The number of H-pyrrole nitrogens is 1. The van der Waals surface area contributed by atoms with Gasteiger partial charge in [0.15, 0.2) is 0 Å². The second-order valence-electron chi connectivity index (χ2n) is 3.38. The molecule has 0 spiro atoms. The van der Waals surface area contributed by atoms with Crippen molar-refractivity contribution in [1.82, 2.24) is 4.98 Å². The number of anilines is 2. The van der Waals surface area contributed by atoms with Crippen molar-refractivity contribution in [3.05, 3.63) is 48.3 Å². The van der Waals surface area contributed by atoms with Crippen molar-refractivity contribution in [3.63, 3.8) is 0 Å². The maximum atomic E-state index is 11.8. The zero-order chi connectivity index (χ0) is 11.4. The van der Waals surface area contributed by atoms with Crippen molar-refractivity contribution in [3.8, 4) is 0 Å². The monoisotopic (exact) mass is 215 g/mol. The Bertz CT molecular complexity index is 477. The topological polar surface area (TPSA) is 56.9 Å². The van der Waals surface area contributed by atoms with Gasteiger partial charge in [-0.2, -0.15) is 0 Å². The molecule has 3 N–H and O–H groups in total. The minimum atomic E-state index is -0.114. The van der Waals surface area contributed by atoms with Gasteiger partial charge in [-0.05, 0) is 24.3 Å². The van der Waals surface area contributed by atoms with Crippen LogP contribution in [0.15, 0.2) is 42.7 Å². The molecule has 0 aliphatic rings. The number of hydrogen-bond acceptors (Lipinski definition) is 2. The normalized spacial score (nSPS) is 9.81. The van der Waals surface area contributed by atoms with E-state index in [4.69, 9.17) is 0 Å². The lowest BCUT2D eigenvalue weighted by Gasteiger charge is -2.05. The molecule has 0 radical (unpaired) electrons. The number of hydrogen-bond donors (Lipinski definition) is 3. The maximum absolute atomic E-state index is 11.8. The van der Waals surface area contributed by atoms with Gasteiger partial charge < -0.3 is 15.6 Å². The third kappa shape index (κ3) is 2.23. The van der Waals surface area contributed by atoms with Crippen LogP contribution in [0.1, 0.15) is 10.4 Å². The van der Waals surface area contributed by atoms with Crippen LogP contribution >= 0.6 is 0 Å². The first-order valence-corrected chi connectivity index (χ1v) is 5.01. The quantitative estimate of drug-likeness (QED) is 0.735. The van der Waals surface area contributed by atoms with Crippen molar-refractivity contribution in [2.24, 2.45) is 0 Å². The second kappa shape index (κ2) is 4.53. The van der Waals surface area contributed by atoms with Gasteiger partial charge in [0.05, 0.1) is 5.69 Å². The van der Waals surface area contributed by atoms with E-state index >= 15 is 0 Å². The minimum Gasteiger partial charge on any atom is -0.388 e. The molecule has 82 valence electrons. The predicted molar refractivity (Wildman–Crippen MR) is 64.7 cm³/mol. The van der Waals surface area contributed by atoms with Gasteiger partial charge in [-0.3, -0.25) is 4.79 Å². The number of aromatic amines is 1. The van der Waals surface area contributed by atoms with Crippen molar-refractivity contribution in [1.29, 1.82) is 0 Å². The summed E-state index contributed by atoms with van der Waals surface area (Å²) < 4.78 is 0. The highest BCUT2D eigenvalue weighted by Gasteiger charge is 2.06. The predicted octanol–water partition coefficient (Wildman–Crippen LogP) is 2.31. The van der Waals surface area contributed by atoms with Gasteiger partial charge in [-0.1, -0.05) is 6.07 Å². The first-order chi connectivity index (χ1) is 7.79. The van der Waals surface area contributed by atoms with Crippen LogP contribution in [-0.2, 0) is 0 Å². The lowest BCUT2D eigenvalue weighted by molar-refractivity contribution is 0.102. The molecule has 2 rings (SSSR count). The molecule has 0 aliphatic carbocycles. The largest absolute Gasteiger partial charge is 0.388 e. The van der Waals surface area contributed by atoms with Crippen LogP contribution in [0, 0.1) is 0 Å². The number of carbonyl (C=O) groups is 1. The smallest absolute Gasteiger partial charge is 0.255 e. The minimum absolute atomic E-state index is 0.114. The number of amides is 1. The standard InChI is InChI=1S/C12H13N3O/c1-13-10-4-2-3-9(7-10)12(16)15-11-5-6-14-8-11/h2-8,13-14H,1H3,(H,15,16). The van der Waals surface area contributed by atoms with Crippen molar-refractivity contribution >= 4 is 17.3 Å². The average Bonchev–Trinajstić information content (AvgIpc) is 2.82. The number of aromatic nitrogens is 1. The molecule has 0 saturated carbocycles. The molecule has 1 heterocycles. The van der Waals surface area contributed by atoms with Crippen LogP contribution in [0.3, 0.4) is 0 Å². The Hall–Kier alpha value is -2.23. The van der Waals surface area contributed by atoms with Gasteiger partial charge in [0, 0.05) is 30.7 Å². The van der Waals surface area contributed by atoms with Crippen molar-refractivity contribution < 1.29 is 4.79 Å². The molecule has 4 nitrogen and oxygen atoms in total. The molecule has 0 saturated heterocycles. The summed E-state index contributed by atoms with van der Waals surface area (Å²) >= 11 is 0. The highest BCUT2D eigenvalue weighted by atomic mass is 16.1. The van der Waals surface area contributed by atoms with E-state index in [1.165, 1.54) is 0 Å². The van der Waals surface area contributed by atoms with E-state index in [0.717, 1.165) is 11.4 Å². The van der Waals surface area contributed by atoms with Crippen LogP contribution in [0.5, 0.6) is 0 Å². The van der Waals surface area contributed by atoms with Crippen LogP contribution in [0.25, 0.3) is 0 Å². The summed E-state index contributed by atoms with van der Waals surface area (Å²) in [5.74, 6) is -0.114. The first kappa shape index (κ1) is 10.3. The Morgan fingerprint density at radius 1 is 1.25 bits per heavy atom. The van der Waals surface area contributed by atoms with Gasteiger partial charge in [0.25, 0.3) is 5.91 Å². The molecule has 1 aromatic heterocycles. The Morgan fingerprint density at radius 3 is 2.81 bits per heavy atom. The molecule has 0 unspecified atom stereocenters. The zero-order valence-electron chi connectivity index (χ0n) is 8.95. The van der Waals surface area contributed by atoms with E-state index in [0.29, 0.717) is 5.56 Å². The van der Waals surface area contributed by atoms with E-state index in [1.807, 2.05) is 25.2 Å². The van der Waals surface area contributed by atoms with Crippen LogP contribution in [0.2, 0.25) is 0 Å². The molecule has 4 heteroatoms. The molecular weight excluding hydrogens is 202 g/mol. The maximum Gasteiger partial charge on any atom is 0.255 e. The number of rotatable bonds is 3. The average molecular weight is 215 g/mol. The van der Waals surface area contributed by atoms with Gasteiger partial charge in [0.2, 0.25) is 0 Å². The summed E-state index contributed by atoms with van der Waals surface area (Å²) in [6.07, 6.45) is 3.50. The van der Waals surface area contributed by atoms with Crippen LogP contribution in [-0.4, -0.2) is 17.9 Å². The zero-order valence-corrected chi connectivity index (χ0v) is 8.95. The Labute approximate surface area is 93.7 Å². The molecule has 1 amide bonds. The Kier molecular flexibility index (Phi) is 2.91. The van der Waals surface area contributed by atoms with Crippen molar-refractivity contribution in [2.75, 3.05) is 17.7 Å². The molecule has 0 aliphatic heterocycles. The molecule has 16 heavy (non-hydrogen) atoms. The molecule has 2 aromatic rings. The SMILES string of the molecule is CNc1cccc(C(=O)Nc2cc[nH]c2)c1. The third-order valence-electron chi connectivity index (χ3n) is 2.27. The van der Waals surface area contributed by atoms with E-state index < -0.39 is 0 Å². The molecule has 0 bridgehead atoms. The fraction of sp³-hybridized carbons (Fsp3) is 0.0833. The Morgan fingerprint density at radius 2 is 2.12 bits per heavy atom. The lowest BCUT2D eigenvalue weighted by Crippen LogP contribution is -2.11. The summed E-state index contributed by atoms with van der Waals surface area (Å²) in [4.78, 5) is 14.7. The highest BCUT2D eigenvalue weighted by molar-refractivity contribution is 6.04. The first-order valence-electron chi connectivity index (χ1n) is 5.01. The second-order valence-corrected chi connectivity index (χ2v) is 3.38. The molecular formula is C12H13N3O. The fourth-order valence-corrected chi connectivity index (χ4v) is 1.42. The van der Waals surface area contributed by atoms with Crippen molar-refractivity contribution in [2.45, 2.75) is 0 Å². The van der Waals surface area contributed by atoms with Crippen LogP contribution in [0.4, 0.5) is 11.4 Å². The van der Waals surface area contributed by atoms with Gasteiger partial charge >= 0.3 is 0 Å². The lowest BCUT2D eigenvalue weighted by atomic mass is 10.2. The molecule has 0 fully saturated rings. The Balaban J connectivity index is 2.14.